The zero-order valence-corrected chi connectivity index (χ0v) is 76.3. The van der Waals surface area contributed by atoms with Gasteiger partial charge in [0.15, 0.2) is 18.5 Å². The smallest absolute Gasteiger partial charge is 0.408 e. The van der Waals surface area contributed by atoms with Crippen LogP contribution in [0.3, 0.4) is 0 Å². The lowest BCUT2D eigenvalue weighted by Crippen LogP contribution is -2.66. The van der Waals surface area contributed by atoms with Gasteiger partial charge in [-0.3, -0.25) is 0 Å². The van der Waals surface area contributed by atoms with Crippen LogP contribution in [0.25, 0.3) is 0 Å². The van der Waals surface area contributed by atoms with Gasteiger partial charge in [-0.15, -0.1) is 0 Å². The molecule has 0 aromatic rings. The summed E-state index contributed by atoms with van der Waals surface area (Å²) in [5.41, 5.74) is 0. The minimum absolute atomic E-state index is 0. The topological polar surface area (TPSA) is 1650 Å². The summed E-state index contributed by atoms with van der Waals surface area (Å²) in [5.74, 6) is -3.80. The molecule has 2 aliphatic heterocycles. The molecule has 37 radical (unpaired) electrons. The van der Waals surface area contributed by atoms with Gasteiger partial charge in [0.05, 0.1) is 13.2 Å². The van der Waals surface area contributed by atoms with Crippen molar-refractivity contribution in [3.05, 3.63) is 0 Å². The normalized spacial score (nSPS) is 16.4. The summed E-state index contributed by atoms with van der Waals surface area (Å²) >= 11 is 9.26. The highest BCUT2D eigenvalue weighted by Gasteiger charge is 2.65. The van der Waals surface area contributed by atoms with Gasteiger partial charge in [-0.1, -0.05) is 0 Å². The predicted molar refractivity (Wildman–Crippen MR) is 363 cm³/mol. The molecule has 2 heterocycles. The summed E-state index contributed by atoms with van der Waals surface area (Å²) in [6.07, 6.45) is -23.4. The van der Waals surface area contributed by atoms with Gasteiger partial charge in [0.25, 0.3) is 0 Å². The summed E-state index contributed by atoms with van der Waals surface area (Å²) in [5, 5.41) is 0. The van der Waals surface area contributed by atoms with E-state index in [0.29, 0.717) is 0 Å². The van der Waals surface area contributed by atoms with Gasteiger partial charge in [0, 0.05) is 122 Å². The first-order chi connectivity index (χ1) is 28.7. The van der Waals surface area contributed by atoms with Crippen LogP contribution in [0.15, 0.2) is 0 Å². The average Bonchev–Trinajstić information content (AvgIpc) is 3.72. The van der Waals surface area contributed by atoms with E-state index in [4.69, 9.17) is 35.1 Å². The Balaban J connectivity index is -0.0000000217. The van der Waals surface area contributed by atoms with Crippen LogP contribution in [0.1, 0.15) is 0 Å². The molecule has 73 nitrogen and oxygen atoms in total. The van der Waals surface area contributed by atoms with Gasteiger partial charge in [-0.2, -0.15) is 67.3 Å². The lowest BCUT2D eigenvalue weighted by Gasteiger charge is -2.46. The zero-order valence-electron chi connectivity index (χ0n) is 52.5. The van der Waals surface area contributed by atoms with Crippen molar-refractivity contribution >= 4 is 338 Å². The van der Waals surface area contributed by atoms with Gasteiger partial charge < -0.3 is 248 Å². The molecule has 9 atom stereocenters. The Hall–Kier alpha value is 5.31. The second-order valence-corrected chi connectivity index (χ2v) is 24.6. The molecule has 76 N–H and O–H groups in total. The van der Waals surface area contributed by atoms with Crippen molar-refractivity contribution < 1.29 is 349 Å². The van der Waals surface area contributed by atoms with Crippen molar-refractivity contribution in [1.29, 1.82) is 0 Å². The van der Waals surface area contributed by atoms with Gasteiger partial charge in [0.1, 0.15) is 37.1 Å². The van der Waals surface area contributed by atoms with E-state index in [2.05, 4.69) is 38.4 Å². The summed E-state index contributed by atoms with van der Waals surface area (Å²) in [6, 6.07) is 0. The van der Waals surface area contributed by atoms with E-state index in [1.165, 1.54) is 33.2 Å². The maximum Gasteiger partial charge on any atom is 0.408 e. The third-order valence-corrected chi connectivity index (χ3v) is 17.7. The maximum atomic E-state index is 12.9. The fourth-order valence-electron chi connectivity index (χ4n) is 4.41. The summed E-state index contributed by atoms with van der Waals surface area (Å²) in [7, 11) is -43.7. The fraction of sp³-hybridized carbons (Fsp3) is 1.00. The standard InChI is InChI=1S/C12H22O35S8.15Al.38H2O/c13-48(14,15)37-1-4-6(43-51(22,23)24)8(45-53(28,29)30)9(46-54(31,32)33)11(40-4)42-12(3-39-50(19,20)21)10(47-55(34,35)36)7(44-52(25,26)27)5(41-12)2-38-49(16,17)18;;;;;;;;;;;;;;;;;;;;;;;;;;;;;;;;;;;;;;;;;;;;;;;;;;;;;/h4-11H,1-3H2,(H,13,14,15)(H,16,17,18)(H,19,20,21)(H,22,23,24)(H,25,26,27)(H,28,29,30)(H,31,32,33)(H,34,35,36);;;;;;;;;;;;;;;;38*1H2/q;;;;;;;;8*+1;;;;;;;;;;;;;;;;;;;;;;;;;;;;;;;;;;;;;;/p-8. The molecule has 108 heavy (non-hydrogen) atoms. The average molecular weight is 2060 g/mol. The first-order valence-electron chi connectivity index (χ1n) is 14.1. The quantitative estimate of drug-likeness (QED) is 0.0628. The van der Waals surface area contributed by atoms with E-state index in [1.807, 2.05) is 0 Å². The first kappa shape index (κ1) is 298. The van der Waals surface area contributed by atoms with Gasteiger partial charge in [0.2, 0.25) is 5.79 Å². The molecule has 0 aromatic carbocycles. The molecule has 0 saturated carbocycles. The molecule has 0 spiro atoms. The summed E-state index contributed by atoms with van der Waals surface area (Å²) < 4.78 is 288. The number of hydrogen-bond acceptors (Lipinski definition) is 35. The van der Waals surface area contributed by atoms with Crippen LogP contribution in [0.5, 0.6) is 0 Å². The Morgan fingerprint density at radius 3 is 0.676 bits per heavy atom. The monoisotopic (exact) mass is 2060 g/mol. The minimum Gasteiger partial charge on any atom is -0.412 e. The Labute approximate surface area is 753 Å². The van der Waals surface area contributed by atoms with Crippen molar-refractivity contribution in [2.75, 3.05) is 19.8 Å². The zero-order chi connectivity index (χ0) is 48.7. The van der Waals surface area contributed by atoms with E-state index in [-0.39, 0.29) is 330 Å². The maximum absolute atomic E-state index is 12.9. The molecule has 96 heteroatoms. The lowest BCUT2D eigenvalue weighted by molar-refractivity contribution is -0.374. The third kappa shape index (κ3) is 98.4. The van der Waals surface area contributed by atoms with Gasteiger partial charge in [-0.25, -0.2) is 33.5 Å². The van der Waals surface area contributed by atoms with E-state index in [0.717, 1.165) is 99.7 Å². The van der Waals surface area contributed by atoms with Crippen LogP contribution >= 0.6 is 0 Å². The van der Waals surface area contributed by atoms with E-state index >= 15 is 0 Å². The Kier molecular flexibility index (Phi) is 346. The van der Waals surface area contributed by atoms with Crippen LogP contribution < -0.4 is 0 Å². The Morgan fingerprint density at radius 1 is 0.241 bits per heavy atom. The molecule has 2 saturated heterocycles. The van der Waals surface area contributed by atoms with Gasteiger partial charge >= 0.3 is 216 Å². The second-order valence-electron chi connectivity index (χ2n) is 10.3. The molecule has 9 unspecified atom stereocenters. The second kappa shape index (κ2) is 125. The molecule has 2 aliphatic rings. The third-order valence-electron chi connectivity index (χ3n) is 6.59. The largest absolute Gasteiger partial charge is 0.412 e. The predicted octanol–water partition coefficient (Wildman–Crippen LogP) is -44.4. The van der Waals surface area contributed by atoms with Gasteiger partial charge in [-0.05, 0) is 0 Å². The fourth-order valence-corrected chi connectivity index (χ4v) is 9.37. The summed E-state index contributed by atoms with van der Waals surface area (Å²) in [6.45, 7) is -5.31. The molecule has 0 bridgehead atoms. The molecule has 0 amide bonds. The Bertz CT molecular complexity index is 2500. The number of hydrogen-bond donors (Lipinski definition) is 0. The number of ether oxygens (including phenoxy) is 3. The molecular weight excluding hydrogens is 1970 g/mol. The highest BCUT2D eigenvalue weighted by atomic mass is 32.3. The van der Waals surface area contributed by atoms with Crippen molar-refractivity contribution in [3.8, 4) is 0 Å². The highest BCUT2D eigenvalue weighted by molar-refractivity contribution is 7.84. The molecule has 669 valence electrons. The lowest BCUT2D eigenvalue weighted by atomic mass is 9.99. The first-order valence-corrected chi connectivity index (χ1v) is 28.5. The minimum atomic E-state index is -5.67. The van der Waals surface area contributed by atoms with Crippen molar-refractivity contribution in [2.24, 2.45) is 0 Å². The molecule has 0 aliphatic carbocycles. The number of rotatable bonds is 29. The summed E-state index contributed by atoms with van der Waals surface area (Å²) in [4.78, 5) is 0. The van der Waals surface area contributed by atoms with Crippen molar-refractivity contribution in [2.45, 2.75) is 54.8 Å². The van der Waals surface area contributed by atoms with Crippen molar-refractivity contribution in [3.63, 3.8) is 0 Å². The van der Waals surface area contributed by atoms with E-state index in [1.54, 1.807) is 0 Å². The van der Waals surface area contributed by atoms with E-state index < -0.39 is 158 Å². The van der Waals surface area contributed by atoms with Crippen molar-refractivity contribution in [1.82, 2.24) is 0 Å². The van der Waals surface area contributed by atoms with Crippen LogP contribution in [-0.4, -0.2) is 605 Å². The highest BCUT2D eigenvalue weighted by Crippen LogP contribution is 2.43. The molecule has 0 aromatic heterocycles. The molecular formula is C12H90Al15O73S8. The molecule has 2 rings (SSSR count). The van der Waals surface area contributed by atoms with Crippen LogP contribution in [0, 0.1) is 0 Å². The van der Waals surface area contributed by atoms with Crippen LogP contribution in [0.2, 0.25) is 0 Å². The SMILES string of the molecule is O.O.O.O.O.O.O.O.O.O.O.O.O.O.O.O.O.O.O.O.O.O.O.O.O.O.O.O.O.O.O.O.O.O.O.O.O.O.O=S(=O)([O][Al])OCC1OC(OC2(COS(=O)(=O)[O][Al])OC(COS(=O)(=O)[O][Al])C(OS(=O)(=O)[O][Al])C2OS(=O)(=O)[O][Al])C(OS(=O)(=O)[O][Al])C(OS(=O)(=O)[O][Al])C1OS(=O)(=O)[O][Al].[Al].[Al].[Al].[Al].[Al].[Al].[Al]. The molecule has 2 fully saturated rings. The Morgan fingerprint density at radius 2 is 0.435 bits per heavy atom. The van der Waals surface area contributed by atoms with Crippen LogP contribution in [0.4, 0.5) is 0 Å². The van der Waals surface area contributed by atoms with E-state index in [9.17, 15) is 67.3 Å². The van der Waals surface area contributed by atoms with Crippen LogP contribution in [-0.2, 0) is 157 Å².